The monoisotopic (exact) mass is 265 g/mol. The van der Waals surface area contributed by atoms with E-state index in [1.807, 2.05) is 0 Å². The SMILES string of the molecule is CCOC(=O)c1c[nH]n2c(=O)c(CCCO)cnc12. The molecule has 0 aliphatic heterocycles. The molecule has 0 radical (unpaired) electrons. The lowest BCUT2D eigenvalue weighted by molar-refractivity contribution is 0.0528. The fourth-order valence-corrected chi connectivity index (χ4v) is 1.80. The van der Waals surface area contributed by atoms with Gasteiger partial charge in [-0.1, -0.05) is 0 Å². The fraction of sp³-hybridized carbons (Fsp3) is 0.417. The van der Waals surface area contributed by atoms with Crippen LogP contribution in [-0.4, -0.2) is 38.9 Å². The molecule has 19 heavy (non-hydrogen) atoms. The summed E-state index contributed by atoms with van der Waals surface area (Å²) in [4.78, 5) is 27.9. The molecule has 0 atom stereocenters. The molecule has 0 unspecified atom stereocenters. The predicted molar refractivity (Wildman–Crippen MR) is 67.2 cm³/mol. The van der Waals surface area contributed by atoms with Crippen molar-refractivity contribution >= 4 is 11.6 Å². The molecule has 2 aromatic heterocycles. The molecule has 7 heteroatoms. The van der Waals surface area contributed by atoms with Crippen molar-refractivity contribution < 1.29 is 14.6 Å². The first-order valence-corrected chi connectivity index (χ1v) is 6.05. The number of nitrogens with one attached hydrogen (secondary N) is 1. The largest absolute Gasteiger partial charge is 0.462 e. The van der Waals surface area contributed by atoms with Crippen LogP contribution < -0.4 is 5.56 Å². The summed E-state index contributed by atoms with van der Waals surface area (Å²) in [5, 5.41) is 11.5. The first kappa shape index (κ1) is 13.3. The van der Waals surface area contributed by atoms with Gasteiger partial charge in [0.25, 0.3) is 5.56 Å². The highest BCUT2D eigenvalue weighted by Gasteiger charge is 2.16. The summed E-state index contributed by atoms with van der Waals surface area (Å²) in [5.74, 6) is -0.517. The quantitative estimate of drug-likeness (QED) is 0.749. The van der Waals surface area contributed by atoms with Gasteiger partial charge in [0.1, 0.15) is 5.56 Å². The predicted octanol–water partition coefficient (Wildman–Crippen LogP) is 0.124. The van der Waals surface area contributed by atoms with Gasteiger partial charge in [0.15, 0.2) is 5.65 Å². The molecule has 2 heterocycles. The number of aliphatic hydroxyl groups is 1. The Bertz CT molecular complexity index is 644. The number of aromatic amines is 1. The number of fused-ring (bicyclic) bond motifs is 1. The third kappa shape index (κ3) is 2.50. The maximum Gasteiger partial charge on any atom is 0.343 e. The minimum absolute atomic E-state index is 0.0148. The number of rotatable bonds is 5. The van der Waals surface area contributed by atoms with Crippen molar-refractivity contribution in [3.05, 3.63) is 33.9 Å². The maximum absolute atomic E-state index is 12.1. The Morgan fingerprint density at radius 2 is 2.37 bits per heavy atom. The average Bonchev–Trinajstić information content (AvgIpc) is 2.83. The van der Waals surface area contributed by atoms with Crippen LogP contribution >= 0.6 is 0 Å². The van der Waals surface area contributed by atoms with E-state index in [4.69, 9.17) is 9.84 Å². The van der Waals surface area contributed by atoms with Crippen LogP contribution in [0.5, 0.6) is 0 Å². The number of H-pyrrole nitrogens is 1. The molecule has 0 aliphatic rings. The van der Waals surface area contributed by atoms with E-state index in [2.05, 4.69) is 10.1 Å². The summed E-state index contributed by atoms with van der Waals surface area (Å²) < 4.78 is 6.09. The number of hydrogen-bond donors (Lipinski definition) is 2. The Morgan fingerprint density at radius 1 is 1.58 bits per heavy atom. The Labute approximate surface area is 108 Å². The Balaban J connectivity index is 2.43. The number of ether oxygens (including phenoxy) is 1. The third-order valence-corrected chi connectivity index (χ3v) is 2.71. The number of aliphatic hydroxyl groups excluding tert-OH is 1. The minimum atomic E-state index is -0.517. The van der Waals surface area contributed by atoms with E-state index in [-0.39, 0.29) is 30.0 Å². The van der Waals surface area contributed by atoms with E-state index in [9.17, 15) is 9.59 Å². The zero-order chi connectivity index (χ0) is 13.8. The standard InChI is InChI=1S/C12H15N3O4/c1-2-19-12(18)9-7-14-15-10(9)13-6-8(11(15)17)4-3-5-16/h6-7,14,16H,2-5H2,1H3. The number of nitrogens with zero attached hydrogens (tertiary/aromatic N) is 2. The van der Waals surface area contributed by atoms with Crippen LogP contribution in [0.2, 0.25) is 0 Å². The van der Waals surface area contributed by atoms with Gasteiger partial charge in [0.05, 0.1) is 6.61 Å². The molecule has 2 aromatic rings. The molecule has 7 nitrogen and oxygen atoms in total. The topological polar surface area (TPSA) is 96.7 Å². The second-order valence-corrected chi connectivity index (χ2v) is 3.98. The number of esters is 1. The molecule has 0 spiro atoms. The Morgan fingerprint density at radius 3 is 3.05 bits per heavy atom. The second-order valence-electron chi connectivity index (χ2n) is 3.98. The first-order chi connectivity index (χ1) is 9.19. The Kier molecular flexibility index (Phi) is 3.96. The second kappa shape index (κ2) is 5.66. The van der Waals surface area contributed by atoms with Crippen LogP contribution in [0, 0.1) is 0 Å². The molecular weight excluding hydrogens is 250 g/mol. The van der Waals surface area contributed by atoms with Crippen molar-refractivity contribution in [2.75, 3.05) is 13.2 Å². The summed E-state index contributed by atoms with van der Waals surface area (Å²) in [7, 11) is 0. The molecule has 0 amide bonds. The zero-order valence-corrected chi connectivity index (χ0v) is 10.5. The van der Waals surface area contributed by atoms with Gasteiger partial charge < -0.3 is 9.84 Å². The van der Waals surface area contributed by atoms with Crippen LogP contribution in [-0.2, 0) is 11.2 Å². The maximum atomic E-state index is 12.1. The van der Waals surface area contributed by atoms with Gasteiger partial charge in [-0.15, -0.1) is 0 Å². The summed E-state index contributed by atoms with van der Waals surface area (Å²) >= 11 is 0. The van der Waals surface area contributed by atoms with Gasteiger partial charge in [-0.25, -0.2) is 14.3 Å². The zero-order valence-electron chi connectivity index (χ0n) is 10.5. The summed E-state index contributed by atoms with van der Waals surface area (Å²) in [6, 6.07) is 0. The molecule has 0 aliphatic carbocycles. The molecule has 0 bridgehead atoms. The van der Waals surface area contributed by atoms with Gasteiger partial charge in [0, 0.05) is 24.6 Å². The van der Waals surface area contributed by atoms with Gasteiger partial charge in [0.2, 0.25) is 0 Å². The summed E-state index contributed by atoms with van der Waals surface area (Å²) in [6.07, 6.45) is 3.77. The molecule has 102 valence electrons. The highest BCUT2D eigenvalue weighted by Crippen LogP contribution is 2.08. The van der Waals surface area contributed by atoms with Crippen LogP contribution in [0.25, 0.3) is 5.65 Å². The molecular formula is C12H15N3O4. The number of aryl methyl sites for hydroxylation is 1. The Hall–Kier alpha value is -2.15. The third-order valence-electron chi connectivity index (χ3n) is 2.71. The van der Waals surface area contributed by atoms with Crippen molar-refractivity contribution in [1.29, 1.82) is 0 Å². The van der Waals surface area contributed by atoms with Crippen LogP contribution in [0.15, 0.2) is 17.2 Å². The van der Waals surface area contributed by atoms with Crippen LogP contribution in [0.3, 0.4) is 0 Å². The first-order valence-electron chi connectivity index (χ1n) is 6.05. The number of hydrogen-bond acceptors (Lipinski definition) is 5. The van der Waals surface area contributed by atoms with Crippen LogP contribution in [0.1, 0.15) is 29.3 Å². The number of aromatic nitrogens is 3. The summed E-state index contributed by atoms with van der Waals surface area (Å²) in [5.41, 5.74) is 0.696. The van der Waals surface area contributed by atoms with Crippen molar-refractivity contribution in [1.82, 2.24) is 14.6 Å². The lowest BCUT2D eigenvalue weighted by Crippen LogP contribution is -2.20. The molecule has 0 saturated heterocycles. The van der Waals surface area contributed by atoms with E-state index < -0.39 is 5.97 Å². The van der Waals surface area contributed by atoms with Crippen LogP contribution in [0.4, 0.5) is 0 Å². The smallest absolute Gasteiger partial charge is 0.343 e. The molecule has 0 saturated carbocycles. The van der Waals surface area contributed by atoms with Gasteiger partial charge in [-0.3, -0.25) is 9.89 Å². The lowest BCUT2D eigenvalue weighted by atomic mass is 10.2. The van der Waals surface area contributed by atoms with E-state index in [0.29, 0.717) is 18.4 Å². The molecule has 2 N–H and O–H groups in total. The van der Waals surface area contributed by atoms with E-state index in [1.54, 1.807) is 6.92 Å². The highest BCUT2D eigenvalue weighted by molar-refractivity contribution is 5.95. The van der Waals surface area contributed by atoms with Crippen molar-refractivity contribution in [3.8, 4) is 0 Å². The normalized spacial score (nSPS) is 10.8. The van der Waals surface area contributed by atoms with Crippen molar-refractivity contribution in [2.45, 2.75) is 19.8 Å². The molecule has 2 rings (SSSR count). The van der Waals surface area contributed by atoms with Gasteiger partial charge in [-0.05, 0) is 19.8 Å². The van der Waals surface area contributed by atoms with Crippen molar-refractivity contribution in [2.24, 2.45) is 0 Å². The van der Waals surface area contributed by atoms with Gasteiger partial charge in [-0.2, -0.15) is 0 Å². The highest BCUT2D eigenvalue weighted by atomic mass is 16.5. The fourth-order valence-electron chi connectivity index (χ4n) is 1.80. The molecule has 0 fully saturated rings. The van der Waals surface area contributed by atoms with Gasteiger partial charge >= 0.3 is 5.97 Å². The van der Waals surface area contributed by atoms with E-state index in [0.717, 1.165) is 0 Å². The average molecular weight is 265 g/mol. The number of carbonyl (C=O) groups excluding carboxylic acids is 1. The van der Waals surface area contributed by atoms with Crippen molar-refractivity contribution in [3.63, 3.8) is 0 Å². The summed E-state index contributed by atoms with van der Waals surface area (Å²) in [6.45, 7) is 1.98. The molecule has 0 aromatic carbocycles. The number of carbonyl (C=O) groups is 1. The lowest BCUT2D eigenvalue weighted by Gasteiger charge is -2.01. The van der Waals surface area contributed by atoms with E-state index in [1.165, 1.54) is 16.9 Å². The minimum Gasteiger partial charge on any atom is -0.462 e. The van der Waals surface area contributed by atoms with E-state index >= 15 is 0 Å².